The minimum atomic E-state index is -1.07. The average molecular weight is 446 g/mol. The second kappa shape index (κ2) is 8.83. The van der Waals surface area contributed by atoms with Crippen LogP contribution in [0.1, 0.15) is 23.0 Å². The maximum Gasteiger partial charge on any atom is 0.335 e. The molecule has 2 aromatic carbocycles. The number of imide groups is 2. The van der Waals surface area contributed by atoms with Crippen LogP contribution in [0.25, 0.3) is 17.4 Å². The van der Waals surface area contributed by atoms with Gasteiger partial charge in [-0.1, -0.05) is 12.1 Å². The van der Waals surface area contributed by atoms with E-state index in [1.165, 1.54) is 36.4 Å². The normalized spacial score (nSPS) is 15.0. The first kappa shape index (κ1) is 21.6. The molecule has 0 bridgehead atoms. The minimum absolute atomic E-state index is 0.0927. The molecule has 9 heteroatoms. The number of rotatable bonds is 6. The molecule has 4 amide bonds. The number of carboxylic acids is 1. The number of carbonyl (C=O) groups excluding carboxylic acids is 3. The molecule has 0 atom stereocenters. The first-order valence-corrected chi connectivity index (χ1v) is 9.95. The van der Waals surface area contributed by atoms with Gasteiger partial charge >= 0.3 is 12.0 Å². The van der Waals surface area contributed by atoms with E-state index in [0.717, 1.165) is 4.90 Å². The number of hydrogen-bond donors (Lipinski definition) is 2. The number of nitrogens with one attached hydrogen (secondary N) is 1. The Morgan fingerprint density at radius 1 is 1.09 bits per heavy atom. The van der Waals surface area contributed by atoms with Gasteiger partial charge in [-0.3, -0.25) is 14.9 Å². The van der Waals surface area contributed by atoms with Crippen LogP contribution < -0.4 is 15.0 Å². The predicted molar refractivity (Wildman–Crippen MR) is 118 cm³/mol. The van der Waals surface area contributed by atoms with Gasteiger partial charge in [-0.2, -0.15) is 0 Å². The Kier molecular flexibility index (Phi) is 5.77. The van der Waals surface area contributed by atoms with E-state index in [9.17, 15) is 19.2 Å². The van der Waals surface area contributed by atoms with Gasteiger partial charge in [-0.05, 0) is 61.5 Å². The van der Waals surface area contributed by atoms with Crippen molar-refractivity contribution in [2.24, 2.45) is 0 Å². The molecule has 1 fully saturated rings. The Labute approximate surface area is 187 Å². The molecule has 0 spiro atoms. The Morgan fingerprint density at radius 3 is 2.55 bits per heavy atom. The zero-order valence-corrected chi connectivity index (χ0v) is 17.4. The molecule has 0 unspecified atom stereocenters. The molecule has 4 rings (SSSR count). The number of hydrogen-bond acceptors (Lipinski definition) is 6. The van der Waals surface area contributed by atoms with Crippen LogP contribution in [0.5, 0.6) is 5.75 Å². The standard InChI is InChI=1S/C24H18N2O7/c1-2-32-17-8-6-16(7-9-17)26-22(28)19(21(27)25-24(26)31)13-18-10-11-20(33-18)14-4-3-5-15(12-14)23(29)30/h3-13H,2H2,1H3,(H,29,30)(H,25,27,31). The van der Waals surface area contributed by atoms with E-state index in [4.69, 9.17) is 14.3 Å². The summed E-state index contributed by atoms with van der Waals surface area (Å²) >= 11 is 0. The molecular formula is C24H18N2O7. The third-order valence-electron chi connectivity index (χ3n) is 4.82. The Morgan fingerprint density at radius 2 is 1.85 bits per heavy atom. The van der Waals surface area contributed by atoms with Crippen LogP contribution >= 0.6 is 0 Å². The topological polar surface area (TPSA) is 126 Å². The number of nitrogens with zero attached hydrogens (tertiary/aromatic N) is 1. The van der Waals surface area contributed by atoms with Crippen molar-refractivity contribution in [1.82, 2.24) is 5.32 Å². The molecule has 3 aromatic rings. The lowest BCUT2D eigenvalue weighted by Gasteiger charge is -2.26. The Hall–Kier alpha value is -4.66. The number of ether oxygens (including phenoxy) is 1. The molecule has 0 saturated carbocycles. The number of barbiturate groups is 1. The summed E-state index contributed by atoms with van der Waals surface area (Å²) in [5.41, 5.74) is 0.592. The fraction of sp³-hybridized carbons (Fsp3) is 0.0833. The predicted octanol–water partition coefficient (Wildman–Crippen LogP) is 3.71. The van der Waals surface area contributed by atoms with Crippen LogP contribution in [-0.4, -0.2) is 35.5 Å². The van der Waals surface area contributed by atoms with E-state index >= 15 is 0 Å². The number of aromatic carboxylic acids is 1. The highest BCUT2D eigenvalue weighted by Gasteiger charge is 2.37. The van der Waals surface area contributed by atoms with Crippen LogP contribution in [-0.2, 0) is 9.59 Å². The minimum Gasteiger partial charge on any atom is -0.494 e. The van der Waals surface area contributed by atoms with Crippen molar-refractivity contribution in [3.63, 3.8) is 0 Å². The molecule has 2 N–H and O–H groups in total. The van der Waals surface area contributed by atoms with Gasteiger partial charge in [0.05, 0.1) is 17.9 Å². The van der Waals surface area contributed by atoms with E-state index in [0.29, 0.717) is 23.7 Å². The molecule has 1 aliphatic rings. The van der Waals surface area contributed by atoms with Crippen molar-refractivity contribution >= 4 is 35.6 Å². The number of carboxylic acid groups (broad SMARTS) is 1. The number of carbonyl (C=O) groups is 4. The van der Waals surface area contributed by atoms with Gasteiger partial charge in [-0.15, -0.1) is 0 Å². The monoisotopic (exact) mass is 446 g/mol. The number of anilines is 1. The highest BCUT2D eigenvalue weighted by atomic mass is 16.5. The molecule has 0 radical (unpaired) electrons. The van der Waals surface area contributed by atoms with Crippen molar-refractivity contribution in [3.05, 3.63) is 77.6 Å². The first-order valence-electron chi connectivity index (χ1n) is 9.95. The van der Waals surface area contributed by atoms with Crippen molar-refractivity contribution < 1.29 is 33.4 Å². The fourth-order valence-corrected chi connectivity index (χ4v) is 3.28. The zero-order chi connectivity index (χ0) is 23.5. The number of amides is 4. The molecular weight excluding hydrogens is 428 g/mol. The van der Waals surface area contributed by atoms with Crippen molar-refractivity contribution in [2.45, 2.75) is 6.92 Å². The molecule has 33 heavy (non-hydrogen) atoms. The van der Waals surface area contributed by atoms with Crippen molar-refractivity contribution in [2.75, 3.05) is 11.5 Å². The summed E-state index contributed by atoms with van der Waals surface area (Å²) < 4.78 is 11.1. The lowest BCUT2D eigenvalue weighted by atomic mass is 10.1. The van der Waals surface area contributed by atoms with Crippen LogP contribution in [0, 0.1) is 0 Å². The first-order chi connectivity index (χ1) is 15.9. The van der Waals surface area contributed by atoms with Crippen LogP contribution in [0.3, 0.4) is 0 Å². The molecule has 166 valence electrons. The summed E-state index contributed by atoms with van der Waals surface area (Å²) in [5.74, 6) is -1.61. The molecule has 1 saturated heterocycles. The van der Waals surface area contributed by atoms with Crippen molar-refractivity contribution in [3.8, 4) is 17.1 Å². The smallest absolute Gasteiger partial charge is 0.335 e. The van der Waals surface area contributed by atoms with Gasteiger partial charge in [-0.25, -0.2) is 14.5 Å². The molecule has 1 aromatic heterocycles. The SMILES string of the molecule is CCOc1ccc(N2C(=O)NC(=O)C(=Cc3ccc(-c4cccc(C(=O)O)c4)o3)C2=O)cc1. The van der Waals surface area contributed by atoms with Crippen molar-refractivity contribution in [1.29, 1.82) is 0 Å². The van der Waals surface area contributed by atoms with Crippen LogP contribution in [0.2, 0.25) is 0 Å². The summed E-state index contributed by atoms with van der Waals surface area (Å²) in [7, 11) is 0. The number of benzene rings is 2. The second-order valence-electron chi connectivity index (χ2n) is 6.97. The quantitative estimate of drug-likeness (QED) is 0.437. The number of urea groups is 1. The summed E-state index contributed by atoms with van der Waals surface area (Å²) in [4.78, 5) is 49.7. The second-order valence-corrected chi connectivity index (χ2v) is 6.97. The molecule has 9 nitrogen and oxygen atoms in total. The van der Waals surface area contributed by atoms with Gasteiger partial charge in [0, 0.05) is 5.56 Å². The molecule has 1 aliphatic heterocycles. The van der Waals surface area contributed by atoms with E-state index in [-0.39, 0.29) is 22.6 Å². The van der Waals surface area contributed by atoms with E-state index in [1.807, 2.05) is 6.92 Å². The van der Waals surface area contributed by atoms with Gasteiger partial charge in [0.15, 0.2) is 0 Å². The van der Waals surface area contributed by atoms with Gasteiger partial charge in [0.1, 0.15) is 22.8 Å². The largest absolute Gasteiger partial charge is 0.494 e. The average Bonchev–Trinajstić information content (AvgIpc) is 3.27. The van der Waals surface area contributed by atoms with Crippen LogP contribution in [0.15, 0.2) is 70.7 Å². The third-order valence-corrected chi connectivity index (χ3v) is 4.82. The Balaban J connectivity index is 1.63. The third kappa shape index (κ3) is 4.38. The zero-order valence-electron chi connectivity index (χ0n) is 17.4. The van der Waals surface area contributed by atoms with E-state index in [2.05, 4.69) is 5.32 Å². The van der Waals surface area contributed by atoms with Gasteiger partial charge in [0.25, 0.3) is 11.8 Å². The maximum absolute atomic E-state index is 13.0. The highest BCUT2D eigenvalue weighted by Crippen LogP contribution is 2.27. The lowest BCUT2D eigenvalue weighted by molar-refractivity contribution is -0.122. The van der Waals surface area contributed by atoms with Gasteiger partial charge in [0.2, 0.25) is 0 Å². The van der Waals surface area contributed by atoms with Gasteiger partial charge < -0.3 is 14.3 Å². The Bertz CT molecular complexity index is 1290. The number of furan rings is 1. The summed E-state index contributed by atoms with van der Waals surface area (Å²) in [6.07, 6.45) is 1.23. The maximum atomic E-state index is 13.0. The van der Waals surface area contributed by atoms with Crippen LogP contribution in [0.4, 0.5) is 10.5 Å². The lowest BCUT2D eigenvalue weighted by Crippen LogP contribution is -2.54. The fourth-order valence-electron chi connectivity index (χ4n) is 3.28. The summed E-state index contributed by atoms with van der Waals surface area (Å²) in [6, 6.07) is 14.7. The molecule has 0 aliphatic carbocycles. The summed E-state index contributed by atoms with van der Waals surface area (Å²) in [5, 5.41) is 11.3. The van der Waals surface area contributed by atoms with E-state index in [1.54, 1.807) is 30.3 Å². The van der Waals surface area contributed by atoms with E-state index < -0.39 is 23.8 Å². The molecule has 2 heterocycles. The highest BCUT2D eigenvalue weighted by molar-refractivity contribution is 6.39. The summed E-state index contributed by atoms with van der Waals surface area (Å²) in [6.45, 7) is 2.30.